The molecule has 0 amide bonds. The minimum Gasteiger partial charge on any atom is -0.336 e. The fraction of sp³-hybridized carbons (Fsp3) is 0.300. The third-order valence-corrected chi connectivity index (χ3v) is 2.27. The van der Waals surface area contributed by atoms with Gasteiger partial charge < -0.3 is 10.3 Å². The molecule has 1 aromatic carbocycles. The number of aryl methyl sites for hydroxylation is 1. The summed E-state index contributed by atoms with van der Waals surface area (Å²) in [5.41, 5.74) is 7.03. The lowest BCUT2D eigenvalue weighted by molar-refractivity contribution is 0.296. The Hall–Kier alpha value is -1.55. The molecule has 4 heteroatoms. The number of nitrogens with two attached hydrogens (primary N) is 1. The van der Waals surface area contributed by atoms with Gasteiger partial charge in [-0.25, -0.2) is 9.53 Å². The van der Waals surface area contributed by atoms with Crippen LogP contribution >= 0.6 is 0 Å². The normalized spacial score (nSPS) is 11.0. The van der Waals surface area contributed by atoms with Crippen molar-refractivity contribution in [2.45, 2.75) is 6.42 Å². The Balaban J connectivity index is 2.65. The molecule has 0 aliphatic rings. The van der Waals surface area contributed by atoms with Crippen LogP contribution in [0, 0.1) is 0 Å². The van der Waals surface area contributed by atoms with Crippen molar-refractivity contribution in [3.8, 4) is 0 Å². The molecule has 0 aliphatic carbocycles. The largest absolute Gasteiger partial charge is 0.365 e. The summed E-state index contributed by atoms with van der Waals surface area (Å²) in [6.07, 6.45) is 0.782. The lowest BCUT2D eigenvalue weighted by Crippen LogP contribution is -2.03. The lowest BCUT2D eigenvalue weighted by atomic mass is 10.1. The van der Waals surface area contributed by atoms with Crippen molar-refractivity contribution in [2.75, 3.05) is 6.54 Å². The second-order valence-electron chi connectivity index (χ2n) is 3.27. The first-order valence-electron chi connectivity index (χ1n) is 4.51. The summed E-state index contributed by atoms with van der Waals surface area (Å²) in [6.45, 7) is 0.587. The van der Waals surface area contributed by atoms with Crippen molar-refractivity contribution in [3.63, 3.8) is 0 Å². The van der Waals surface area contributed by atoms with E-state index in [0.29, 0.717) is 11.9 Å². The summed E-state index contributed by atoms with van der Waals surface area (Å²) in [5.74, 6) is 0. The fourth-order valence-electron chi connectivity index (χ4n) is 1.57. The molecule has 2 rings (SSSR count). The molecule has 74 valence electrons. The number of aromatic nitrogens is 1. The van der Waals surface area contributed by atoms with Gasteiger partial charge in [0.05, 0.1) is 10.9 Å². The summed E-state index contributed by atoms with van der Waals surface area (Å²) >= 11 is 0. The predicted octanol–water partition coefficient (Wildman–Crippen LogP) is 0.633. The van der Waals surface area contributed by atoms with E-state index in [-0.39, 0.29) is 5.63 Å². The number of hydrogen-bond donors (Lipinski definition) is 1. The van der Waals surface area contributed by atoms with Crippen LogP contribution in [-0.2, 0) is 13.5 Å². The molecule has 2 aromatic rings. The summed E-state index contributed by atoms with van der Waals surface area (Å²) in [6, 6.07) is 5.68. The van der Waals surface area contributed by atoms with Crippen LogP contribution in [0.4, 0.5) is 0 Å². The van der Waals surface area contributed by atoms with Crippen LogP contribution in [0.2, 0.25) is 0 Å². The maximum absolute atomic E-state index is 11.3. The Morgan fingerprint density at radius 2 is 2.29 bits per heavy atom. The minimum atomic E-state index is -0.290. The minimum absolute atomic E-state index is 0.290. The molecule has 14 heavy (non-hydrogen) atoms. The Kier molecular flexibility index (Phi) is 2.13. The topological polar surface area (TPSA) is 61.2 Å². The van der Waals surface area contributed by atoms with Crippen molar-refractivity contribution in [1.82, 2.24) is 4.74 Å². The van der Waals surface area contributed by atoms with E-state index in [1.54, 1.807) is 7.05 Å². The van der Waals surface area contributed by atoms with Crippen LogP contribution < -0.4 is 11.4 Å². The molecule has 1 aromatic heterocycles. The third-order valence-electron chi connectivity index (χ3n) is 2.27. The highest BCUT2D eigenvalue weighted by atomic mass is 16.5. The SMILES string of the molecule is Cn1oc(=O)c2cc(CCN)ccc21. The lowest BCUT2D eigenvalue weighted by Gasteiger charge is -1.97. The fourth-order valence-corrected chi connectivity index (χ4v) is 1.57. The number of benzene rings is 1. The molecule has 0 bridgehead atoms. The summed E-state index contributed by atoms with van der Waals surface area (Å²) < 4.78 is 6.40. The zero-order valence-corrected chi connectivity index (χ0v) is 7.99. The van der Waals surface area contributed by atoms with Crippen LogP contribution in [0.5, 0.6) is 0 Å². The monoisotopic (exact) mass is 192 g/mol. The summed E-state index contributed by atoms with van der Waals surface area (Å²) in [4.78, 5) is 11.3. The van der Waals surface area contributed by atoms with Gasteiger partial charge in [-0.1, -0.05) is 6.07 Å². The molecule has 0 fully saturated rings. The molecule has 4 nitrogen and oxygen atoms in total. The number of nitrogens with zero attached hydrogens (tertiary/aromatic N) is 1. The van der Waals surface area contributed by atoms with Crippen molar-refractivity contribution in [1.29, 1.82) is 0 Å². The van der Waals surface area contributed by atoms with Crippen molar-refractivity contribution in [3.05, 3.63) is 34.2 Å². The van der Waals surface area contributed by atoms with Gasteiger partial charge in [-0.15, -0.1) is 0 Å². The molecule has 0 saturated carbocycles. The number of rotatable bonds is 2. The predicted molar refractivity (Wildman–Crippen MR) is 54.2 cm³/mol. The number of fused-ring (bicyclic) bond motifs is 1. The zero-order chi connectivity index (χ0) is 10.1. The van der Waals surface area contributed by atoms with Gasteiger partial charge in [0.2, 0.25) is 0 Å². The smallest absolute Gasteiger partial charge is 0.336 e. The Bertz CT molecular complexity index is 510. The highest BCUT2D eigenvalue weighted by molar-refractivity contribution is 5.78. The van der Waals surface area contributed by atoms with Gasteiger partial charge in [-0.05, 0) is 30.7 Å². The Morgan fingerprint density at radius 3 is 3.00 bits per heavy atom. The van der Waals surface area contributed by atoms with Crippen LogP contribution in [0.1, 0.15) is 5.56 Å². The highest BCUT2D eigenvalue weighted by Crippen LogP contribution is 2.12. The first kappa shape index (κ1) is 9.02. The van der Waals surface area contributed by atoms with Crippen LogP contribution in [0.15, 0.2) is 27.5 Å². The zero-order valence-electron chi connectivity index (χ0n) is 7.99. The van der Waals surface area contributed by atoms with Gasteiger partial charge in [0.15, 0.2) is 0 Å². The average Bonchev–Trinajstić information content (AvgIpc) is 2.43. The summed E-state index contributed by atoms with van der Waals surface area (Å²) in [5, 5.41) is 0.624. The molecule has 1 heterocycles. The molecule has 0 radical (unpaired) electrons. The molecule has 0 spiro atoms. The van der Waals surface area contributed by atoms with Crippen molar-refractivity contribution in [2.24, 2.45) is 12.8 Å². The second-order valence-corrected chi connectivity index (χ2v) is 3.27. The molecule has 0 atom stereocenters. The number of hydrogen-bond acceptors (Lipinski definition) is 3. The quantitative estimate of drug-likeness (QED) is 0.759. The van der Waals surface area contributed by atoms with E-state index >= 15 is 0 Å². The summed E-state index contributed by atoms with van der Waals surface area (Å²) in [7, 11) is 1.71. The Labute approximate surface area is 80.9 Å². The van der Waals surface area contributed by atoms with Crippen LogP contribution in [0.3, 0.4) is 0 Å². The average molecular weight is 192 g/mol. The van der Waals surface area contributed by atoms with E-state index in [0.717, 1.165) is 17.5 Å². The third kappa shape index (κ3) is 1.33. The van der Waals surface area contributed by atoms with E-state index in [9.17, 15) is 4.79 Å². The van der Waals surface area contributed by atoms with E-state index in [1.165, 1.54) is 4.74 Å². The van der Waals surface area contributed by atoms with Crippen LogP contribution in [0.25, 0.3) is 10.9 Å². The molecular weight excluding hydrogens is 180 g/mol. The maximum Gasteiger partial charge on any atom is 0.365 e. The van der Waals surface area contributed by atoms with Gasteiger partial charge in [-0.2, -0.15) is 0 Å². The molecule has 0 saturated heterocycles. The van der Waals surface area contributed by atoms with Gasteiger partial charge in [0.25, 0.3) is 0 Å². The van der Waals surface area contributed by atoms with E-state index in [4.69, 9.17) is 10.3 Å². The van der Waals surface area contributed by atoms with Gasteiger partial charge in [0.1, 0.15) is 0 Å². The molecule has 0 aliphatic heterocycles. The molecule has 0 unspecified atom stereocenters. The van der Waals surface area contributed by atoms with Gasteiger partial charge in [-0.3, -0.25) is 0 Å². The first-order chi connectivity index (χ1) is 6.72. The van der Waals surface area contributed by atoms with Crippen molar-refractivity contribution >= 4 is 10.9 Å². The first-order valence-corrected chi connectivity index (χ1v) is 4.51. The van der Waals surface area contributed by atoms with E-state index in [2.05, 4.69) is 0 Å². The molecular formula is C10H12N2O2. The standard InChI is InChI=1S/C10H12N2O2/c1-12-9-3-2-7(4-5-11)6-8(9)10(13)14-12/h2-3,6H,4-5,11H2,1H3. The highest BCUT2D eigenvalue weighted by Gasteiger charge is 2.06. The van der Waals surface area contributed by atoms with Gasteiger partial charge in [0, 0.05) is 7.05 Å². The van der Waals surface area contributed by atoms with E-state index in [1.807, 2.05) is 18.2 Å². The maximum atomic E-state index is 11.3. The molecule has 2 N–H and O–H groups in total. The Morgan fingerprint density at radius 1 is 1.50 bits per heavy atom. The van der Waals surface area contributed by atoms with Crippen LogP contribution in [-0.4, -0.2) is 11.3 Å². The second kappa shape index (κ2) is 3.31. The van der Waals surface area contributed by atoms with Gasteiger partial charge >= 0.3 is 5.63 Å². The van der Waals surface area contributed by atoms with E-state index < -0.39 is 0 Å². The van der Waals surface area contributed by atoms with Crippen molar-refractivity contribution < 1.29 is 4.52 Å².